The molecule has 2 N–H and O–H groups in total. The Labute approximate surface area is 130 Å². The molecule has 0 radical (unpaired) electrons. The molecule has 0 spiro atoms. The molecule has 1 aromatic carbocycles. The molecule has 1 aliphatic heterocycles. The molecule has 0 bridgehead atoms. The van der Waals surface area contributed by atoms with Gasteiger partial charge in [0.15, 0.2) is 0 Å². The highest BCUT2D eigenvalue weighted by atomic mass is 35.5. The summed E-state index contributed by atoms with van der Waals surface area (Å²) in [4.78, 5) is 9.09. The molecule has 110 valence electrons. The third kappa shape index (κ3) is 3.05. The smallest absolute Gasteiger partial charge is 0.129 e. The van der Waals surface area contributed by atoms with Crippen LogP contribution in [0.5, 0.6) is 0 Å². The Morgan fingerprint density at radius 2 is 1.81 bits per heavy atom. The van der Waals surface area contributed by atoms with Gasteiger partial charge in [0.25, 0.3) is 0 Å². The van der Waals surface area contributed by atoms with Crippen molar-refractivity contribution in [3.63, 3.8) is 0 Å². The lowest BCUT2D eigenvalue weighted by Crippen LogP contribution is -2.46. The Bertz CT molecular complexity index is 636. The van der Waals surface area contributed by atoms with Crippen LogP contribution < -0.4 is 15.5 Å². The average molecular weight is 303 g/mol. The number of nitrogens with two attached hydrogens (primary N) is 1. The van der Waals surface area contributed by atoms with Gasteiger partial charge in [-0.2, -0.15) is 0 Å². The van der Waals surface area contributed by atoms with Crippen LogP contribution in [0.2, 0.25) is 5.02 Å². The topological polar surface area (TPSA) is 45.4 Å². The number of aryl methyl sites for hydroxylation is 1. The van der Waals surface area contributed by atoms with Crippen LogP contribution >= 0.6 is 11.6 Å². The van der Waals surface area contributed by atoms with Crippen molar-refractivity contribution in [3.8, 4) is 0 Å². The molecule has 0 atom stereocenters. The van der Waals surface area contributed by atoms with Crippen LogP contribution in [0.3, 0.4) is 0 Å². The third-order valence-electron chi connectivity index (χ3n) is 3.91. The number of anilines is 3. The maximum Gasteiger partial charge on any atom is 0.129 e. The fourth-order valence-corrected chi connectivity index (χ4v) is 2.78. The zero-order chi connectivity index (χ0) is 14.8. The van der Waals surface area contributed by atoms with E-state index in [2.05, 4.69) is 26.9 Å². The summed E-state index contributed by atoms with van der Waals surface area (Å²) in [5, 5.41) is 0.783. The third-order valence-corrected chi connectivity index (χ3v) is 4.15. The van der Waals surface area contributed by atoms with E-state index < -0.39 is 0 Å². The molecule has 0 unspecified atom stereocenters. The van der Waals surface area contributed by atoms with Crippen molar-refractivity contribution < 1.29 is 0 Å². The first-order chi connectivity index (χ1) is 10.1. The van der Waals surface area contributed by atoms with E-state index in [1.54, 1.807) is 6.20 Å². The van der Waals surface area contributed by atoms with Gasteiger partial charge in [0.2, 0.25) is 0 Å². The molecule has 0 saturated carbocycles. The molecule has 4 nitrogen and oxygen atoms in total. The van der Waals surface area contributed by atoms with Crippen LogP contribution in [-0.4, -0.2) is 31.2 Å². The zero-order valence-corrected chi connectivity index (χ0v) is 12.8. The van der Waals surface area contributed by atoms with E-state index in [1.165, 1.54) is 5.69 Å². The molecule has 21 heavy (non-hydrogen) atoms. The number of benzene rings is 1. The Morgan fingerprint density at radius 3 is 2.48 bits per heavy atom. The Hall–Kier alpha value is -1.94. The number of pyridine rings is 1. The summed E-state index contributed by atoms with van der Waals surface area (Å²) in [6.07, 6.45) is 1.74. The van der Waals surface area contributed by atoms with Crippen molar-refractivity contribution in [1.29, 1.82) is 0 Å². The normalized spacial score (nSPS) is 15.3. The lowest BCUT2D eigenvalue weighted by atomic mass is 10.2. The van der Waals surface area contributed by atoms with Crippen molar-refractivity contribution in [2.75, 3.05) is 41.7 Å². The van der Waals surface area contributed by atoms with Gasteiger partial charge in [-0.15, -0.1) is 0 Å². The monoisotopic (exact) mass is 302 g/mol. The number of nitrogens with zero attached hydrogens (tertiary/aromatic N) is 3. The minimum Gasteiger partial charge on any atom is -0.397 e. The Morgan fingerprint density at radius 1 is 1.10 bits per heavy atom. The van der Waals surface area contributed by atoms with Gasteiger partial charge in [0.05, 0.1) is 11.9 Å². The lowest BCUT2D eigenvalue weighted by molar-refractivity contribution is 0.647. The quantitative estimate of drug-likeness (QED) is 0.926. The van der Waals surface area contributed by atoms with Crippen LogP contribution in [0.4, 0.5) is 17.2 Å². The van der Waals surface area contributed by atoms with Gasteiger partial charge in [0.1, 0.15) is 5.82 Å². The predicted octanol–water partition coefficient (Wildman–Crippen LogP) is 2.95. The second kappa shape index (κ2) is 5.82. The van der Waals surface area contributed by atoms with Crippen molar-refractivity contribution >= 4 is 28.8 Å². The van der Waals surface area contributed by atoms with Crippen molar-refractivity contribution in [1.82, 2.24) is 4.98 Å². The minimum atomic E-state index is 0.747. The van der Waals surface area contributed by atoms with Gasteiger partial charge in [-0.05, 0) is 36.8 Å². The average Bonchev–Trinajstić information content (AvgIpc) is 2.50. The summed E-state index contributed by atoms with van der Waals surface area (Å²) < 4.78 is 0. The maximum atomic E-state index is 6.06. The van der Waals surface area contributed by atoms with Crippen LogP contribution in [0.1, 0.15) is 5.56 Å². The number of rotatable bonds is 2. The molecule has 2 heterocycles. The highest BCUT2D eigenvalue weighted by Crippen LogP contribution is 2.23. The highest BCUT2D eigenvalue weighted by molar-refractivity contribution is 6.30. The number of halogens is 1. The molecular formula is C16H19ClN4. The maximum absolute atomic E-state index is 6.06. The van der Waals surface area contributed by atoms with E-state index >= 15 is 0 Å². The number of nitrogen functional groups attached to an aromatic ring is 1. The molecular weight excluding hydrogens is 284 g/mol. The second-order valence-corrected chi connectivity index (χ2v) is 5.79. The van der Waals surface area contributed by atoms with Gasteiger partial charge in [-0.1, -0.05) is 17.7 Å². The summed E-state index contributed by atoms with van der Waals surface area (Å²) in [6, 6.07) is 10.1. The van der Waals surface area contributed by atoms with E-state index in [0.29, 0.717) is 0 Å². The lowest BCUT2D eigenvalue weighted by Gasteiger charge is -2.37. The molecule has 1 aromatic heterocycles. The van der Waals surface area contributed by atoms with E-state index in [-0.39, 0.29) is 0 Å². The first kappa shape index (κ1) is 14.0. The summed E-state index contributed by atoms with van der Waals surface area (Å²) in [7, 11) is 0. The number of piperazine rings is 1. The molecule has 0 amide bonds. The van der Waals surface area contributed by atoms with Gasteiger partial charge in [-0.3, -0.25) is 0 Å². The summed E-state index contributed by atoms with van der Waals surface area (Å²) >= 11 is 6.06. The van der Waals surface area contributed by atoms with E-state index in [9.17, 15) is 0 Å². The van der Waals surface area contributed by atoms with E-state index in [1.807, 2.05) is 25.1 Å². The summed E-state index contributed by atoms with van der Waals surface area (Å²) in [5.74, 6) is 1.01. The fourth-order valence-electron chi connectivity index (χ4n) is 2.59. The molecule has 1 fully saturated rings. The molecule has 2 aromatic rings. The molecule has 1 saturated heterocycles. The summed E-state index contributed by atoms with van der Waals surface area (Å²) in [5.41, 5.74) is 8.84. The van der Waals surface area contributed by atoms with E-state index in [0.717, 1.165) is 48.3 Å². The Kier molecular flexibility index (Phi) is 3.88. The van der Waals surface area contributed by atoms with E-state index in [4.69, 9.17) is 17.3 Å². The highest BCUT2D eigenvalue weighted by Gasteiger charge is 2.18. The van der Waals surface area contributed by atoms with Crippen LogP contribution in [0.15, 0.2) is 36.5 Å². The van der Waals surface area contributed by atoms with Crippen molar-refractivity contribution in [2.24, 2.45) is 0 Å². The van der Waals surface area contributed by atoms with Crippen molar-refractivity contribution in [2.45, 2.75) is 6.92 Å². The molecule has 5 heteroatoms. The number of hydrogen-bond acceptors (Lipinski definition) is 4. The SMILES string of the molecule is Cc1cc(N2CCN(c3cccc(Cl)c3)CC2)ncc1N. The summed E-state index contributed by atoms with van der Waals surface area (Å²) in [6.45, 7) is 5.84. The molecule has 1 aliphatic rings. The standard InChI is InChI=1S/C16H19ClN4/c1-12-9-16(19-11-15(12)18)21-7-5-20(6-8-21)14-4-2-3-13(17)10-14/h2-4,9-11H,5-8,18H2,1H3. The van der Waals surface area contributed by atoms with Gasteiger partial charge in [0, 0.05) is 36.9 Å². The number of aromatic nitrogens is 1. The van der Waals surface area contributed by atoms with Gasteiger partial charge < -0.3 is 15.5 Å². The first-order valence-corrected chi connectivity index (χ1v) is 7.49. The van der Waals surface area contributed by atoms with Crippen LogP contribution in [0.25, 0.3) is 0 Å². The predicted molar refractivity (Wildman–Crippen MR) is 89.3 cm³/mol. The van der Waals surface area contributed by atoms with Crippen molar-refractivity contribution in [3.05, 3.63) is 47.1 Å². The molecule has 0 aliphatic carbocycles. The Balaban J connectivity index is 1.68. The largest absolute Gasteiger partial charge is 0.397 e. The first-order valence-electron chi connectivity index (χ1n) is 7.11. The van der Waals surface area contributed by atoms with Gasteiger partial charge >= 0.3 is 0 Å². The van der Waals surface area contributed by atoms with Crippen LogP contribution in [0, 0.1) is 6.92 Å². The van der Waals surface area contributed by atoms with Gasteiger partial charge in [-0.25, -0.2) is 4.98 Å². The fraction of sp³-hybridized carbons (Fsp3) is 0.312. The molecule has 3 rings (SSSR count). The number of hydrogen-bond donors (Lipinski definition) is 1. The zero-order valence-electron chi connectivity index (χ0n) is 12.1. The minimum absolute atomic E-state index is 0.747. The van der Waals surface area contributed by atoms with Crippen LogP contribution in [-0.2, 0) is 0 Å². The second-order valence-electron chi connectivity index (χ2n) is 5.35.